The van der Waals surface area contributed by atoms with Crippen molar-refractivity contribution >= 4 is 43.5 Å². The number of hydrogen-bond acceptors (Lipinski definition) is 5. The van der Waals surface area contributed by atoms with Crippen molar-refractivity contribution < 1.29 is 4.42 Å². The molecule has 3 aromatic heterocycles. The monoisotopic (exact) mass is 576 g/mol. The number of pyridine rings is 1. The van der Waals surface area contributed by atoms with Crippen LogP contribution in [0.4, 0.5) is 0 Å². The van der Waals surface area contributed by atoms with Crippen LogP contribution in [-0.2, 0) is 0 Å². The Morgan fingerprint density at radius 1 is 0.444 bits per heavy atom. The summed E-state index contributed by atoms with van der Waals surface area (Å²) in [5.41, 5.74) is 6.57. The van der Waals surface area contributed by atoms with E-state index in [4.69, 9.17) is 19.4 Å². The first kappa shape index (κ1) is 25.3. The van der Waals surface area contributed by atoms with Gasteiger partial charge in [0, 0.05) is 50.6 Å². The van der Waals surface area contributed by atoms with Crippen molar-refractivity contribution in [3.8, 4) is 45.3 Å². The Balaban J connectivity index is 1.37. The van der Waals surface area contributed by atoms with Crippen molar-refractivity contribution in [2.75, 3.05) is 0 Å². The molecule has 0 unspecified atom stereocenters. The average molecular weight is 577 g/mol. The molecule has 210 valence electrons. The van der Waals surface area contributed by atoms with Crippen LogP contribution in [0.5, 0.6) is 0 Å². The summed E-state index contributed by atoms with van der Waals surface area (Å²) in [5.74, 6) is 1.88. The Bertz CT molecular complexity index is 2480. The maximum Gasteiger partial charge on any atom is 0.164 e. The molecular formula is C40H24N4O. The Morgan fingerprint density at radius 3 is 1.80 bits per heavy atom. The first-order valence-corrected chi connectivity index (χ1v) is 14.9. The zero-order valence-electron chi connectivity index (χ0n) is 24.1. The van der Waals surface area contributed by atoms with Crippen LogP contribution in [0, 0.1) is 0 Å². The molecule has 6 aromatic carbocycles. The van der Waals surface area contributed by atoms with E-state index < -0.39 is 0 Å². The molecule has 0 saturated carbocycles. The van der Waals surface area contributed by atoms with Crippen LogP contribution in [0.3, 0.4) is 0 Å². The van der Waals surface area contributed by atoms with E-state index in [0.717, 1.165) is 71.3 Å². The second kappa shape index (κ2) is 10.2. The van der Waals surface area contributed by atoms with Gasteiger partial charge >= 0.3 is 0 Å². The SMILES string of the molecule is c1ccc(-c2nc(-c3ccccc3)nc(-c3cc4ccccc4cc3-c3cccc4oc5c6ccncc6ccc5c34)n2)cc1. The minimum atomic E-state index is 0.616. The zero-order valence-corrected chi connectivity index (χ0v) is 24.1. The average Bonchev–Trinajstić information content (AvgIpc) is 3.51. The predicted molar refractivity (Wildman–Crippen MR) is 182 cm³/mol. The number of aromatic nitrogens is 4. The van der Waals surface area contributed by atoms with Crippen molar-refractivity contribution in [2.24, 2.45) is 0 Å². The molecular weight excluding hydrogens is 552 g/mol. The summed E-state index contributed by atoms with van der Waals surface area (Å²) in [7, 11) is 0. The van der Waals surface area contributed by atoms with E-state index in [1.54, 1.807) is 0 Å². The first-order chi connectivity index (χ1) is 22.3. The molecule has 9 aromatic rings. The van der Waals surface area contributed by atoms with Crippen LogP contribution in [0.2, 0.25) is 0 Å². The van der Waals surface area contributed by atoms with Gasteiger partial charge in [-0.2, -0.15) is 0 Å². The molecule has 0 spiro atoms. The van der Waals surface area contributed by atoms with Gasteiger partial charge in [0.15, 0.2) is 17.5 Å². The number of furan rings is 1. The van der Waals surface area contributed by atoms with E-state index in [9.17, 15) is 0 Å². The second-order valence-electron chi connectivity index (χ2n) is 11.1. The lowest BCUT2D eigenvalue weighted by atomic mass is 9.92. The van der Waals surface area contributed by atoms with E-state index >= 15 is 0 Å². The fraction of sp³-hybridized carbons (Fsp3) is 0. The summed E-state index contributed by atoms with van der Waals surface area (Å²) in [6.07, 6.45) is 3.69. The fourth-order valence-corrected chi connectivity index (χ4v) is 6.25. The summed E-state index contributed by atoms with van der Waals surface area (Å²) in [6, 6.07) is 45.6. The number of rotatable bonds is 4. The van der Waals surface area contributed by atoms with Crippen LogP contribution < -0.4 is 0 Å². The minimum Gasteiger partial charge on any atom is -0.455 e. The number of fused-ring (bicyclic) bond motifs is 6. The van der Waals surface area contributed by atoms with Crippen LogP contribution in [-0.4, -0.2) is 19.9 Å². The van der Waals surface area contributed by atoms with Crippen molar-refractivity contribution in [2.45, 2.75) is 0 Å². The lowest BCUT2D eigenvalue weighted by molar-refractivity contribution is 0.672. The third-order valence-electron chi connectivity index (χ3n) is 8.39. The highest BCUT2D eigenvalue weighted by Crippen LogP contribution is 2.43. The predicted octanol–water partition coefficient (Wildman–Crippen LogP) is 10.1. The van der Waals surface area contributed by atoms with E-state index in [1.807, 2.05) is 85.2 Å². The van der Waals surface area contributed by atoms with Crippen molar-refractivity contribution in [3.63, 3.8) is 0 Å². The fourth-order valence-electron chi connectivity index (χ4n) is 6.25. The maximum atomic E-state index is 6.55. The highest BCUT2D eigenvalue weighted by Gasteiger charge is 2.20. The highest BCUT2D eigenvalue weighted by atomic mass is 16.3. The summed E-state index contributed by atoms with van der Waals surface area (Å²) in [4.78, 5) is 19.5. The summed E-state index contributed by atoms with van der Waals surface area (Å²) >= 11 is 0. The van der Waals surface area contributed by atoms with Gasteiger partial charge in [0.05, 0.1) is 0 Å². The maximum absolute atomic E-state index is 6.55. The third kappa shape index (κ3) is 4.25. The summed E-state index contributed by atoms with van der Waals surface area (Å²) < 4.78 is 6.55. The minimum absolute atomic E-state index is 0.616. The standard InChI is InChI=1S/C40H24N4O/c1-3-10-25(11-4-1)38-42-39(26-12-5-2-6-13-26)44-40(43-38)34-23-28-15-8-7-14-27(28)22-33(34)31-16-9-17-35-36(31)32-19-18-29-24-41-21-20-30(29)37(32)45-35/h1-24H. The largest absolute Gasteiger partial charge is 0.455 e. The van der Waals surface area contributed by atoms with Crippen LogP contribution in [0.25, 0.3) is 88.8 Å². The van der Waals surface area contributed by atoms with Gasteiger partial charge in [-0.3, -0.25) is 4.98 Å². The van der Waals surface area contributed by atoms with Gasteiger partial charge in [0.2, 0.25) is 0 Å². The molecule has 0 radical (unpaired) electrons. The Morgan fingerprint density at radius 2 is 1.09 bits per heavy atom. The van der Waals surface area contributed by atoms with E-state index in [1.165, 1.54) is 0 Å². The van der Waals surface area contributed by atoms with Crippen LogP contribution in [0.15, 0.2) is 150 Å². The van der Waals surface area contributed by atoms with Gasteiger partial charge in [-0.1, -0.05) is 103 Å². The molecule has 0 bridgehead atoms. The molecule has 0 aliphatic rings. The normalized spacial score (nSPS) is 11.6. The molecule has 0 fully saturated rings. The molecule has 9 rings (SSSR count). The van der Waals surface area contributed by atoms with Crippen molar-refractivity contribution in [1.29, 1.82) is 0 Å². The van der Waals surface area contributed by atoms with E-state index in [2.05, 4.69) is 65.6 Å². The smallest absolute Gasteiger partial charge is 0.164 e. The molecule has 5 heteroatoms. The molecule has 0 saturated heterocycles. The molecule has 3 heterocycles. The van der Waals surface area contributed by atoms with Gasteiger partial charge in [-0.15, -0.1) is 0 Å². The molecule has 0 amide bonds. The summed E-state index contributed by atoms with van der Waals surface area (Å²) in [5, 5.41) is 6.46. The van der Waals surface area contributed by atoms with Crippen molar-refractivity contribution in [3.05, 3.63) is 146 Å². The Hall–Kier alpha value is -6.20. The second-order valence-corrected chi connectivity index (χ2v) is 11.1. The van der Waals surface area contributed by atoms with E-state index in [0.29, 0.717) is 17.5 Å². The Labute approximate surface area is 258 Å². The molecule has 45 heavy (non-hydrogen) atoms. The van der Waals surface area contributed by atoms with Gasteiger partial charge < -0.3 is 4.42 Å². The van der Waals surface area contributed by atoms with Gasteiger partial charge in [0.1, 0.15) is 11.2 Å². The van der Waals surface area contributed by atoms with Crippen LogP contribution >= 0.6 is 0 Å². The molecule has 0 aliphatic heterocycles. The lowest BCUT2D eigenvalue weighted by Crippen LogP contribution is -2.01. The third-order valence-corrected chi connectivity index (χ3v) is 8.39. The number of benzene rings is 6. The summed E-state index contributed by atoms with van der Waals surface area (Å²) in [6.45, 7) is 0. The highest BCUT2D eigenvalue weighted by molar-refractivity contribution is 6.20. The number of nitrogens with zero attached hydrogens (tertiary/aromatic N) is 4. The number of hydrogen-bond donors (Lipinski definition) is 0. The molecule has 0 atom stereocenters. The first-order valence-electron chi connectivity index (χ1n) is 14.9. The van der Waals surface area contributed by atoms with Gasteiger partial charge in [0.25, 0.3) is 0 Å². The van der Waals surface area contributed by atoms with E-state index in [-0.39, 0.29) is 0 Å². The topological polar surface area (TPSA) is 64.7 Å². The quantitative estimate of drug-likeness (QED) is 0.209. The Kier molecular flexibility index (Phi) is 5.74. The lowest BCUT2D eigenvalue weighted by Gasteiger charge is -2.14. The molecule has 0 N–H and O–H groups in total. The zero-order chi connectivity index (χ0) is 29.7. The van der Waals surface area contributed by atoms with Crippen molar-refractivity contribution in [1.82, 2.24) is 19.9 Å². The van der Waals surface area contributed by atoms with Gasteiger partial charge in [-0.25, -0.2) is 15.0 Å². The van der Waals surface area contributed by atoms with Crippen LogP contribution in [0.1, 0.15) is 0 Å². The van der Waals surface area contributed by atoms with Gasteiger partial charge in [-0.05, 0) is 52.2 Å². The molecule has 0 aliphatic carbocycles. The molecule has 5 nitrogen and oxygen atoms in total.